The fourth-order valence-corrected chi connectivity index (χ4v) is 5.43. The number of benzene rings is 2. The van der Waals surface area contributed by atoms with Crippen molar-refractivity contribution in [1.82, 2.24) is 15.3 Å². The van der Waals surface area contributed by atoms with Crippen molar-refractivity contribution in [2.24, 2.45) is 0 Å². The van der Waals surface area contributed by atoms with Gasteiger partial charge in [-0.25, -0.2) is 9.37 Å². The van der Waals surface area contributed by atoms with E-state index in [0.717, 1.165) is 42.6 Å². The third-order valence-corrected chi connectivity index (χ3v) is 7.51. The van der Waals surface area contributed by atoms with Gasteiger partial charge in [-0.3, -0.25) is 4.79 Å². The van der Waals surface area contributed by atoms with Crippen LogP contribution in [-0.2, 0) is 22.9 Å². The van der Waals surface area contributed by atoms with Gasteiger partial charge in [-0.1, -0.05) is 12.1 Å². The van der Waals surface area contributed by atoms with E-state index in [1.807, 2.05) is 6.92 Å². The number of amides is 1. The van der Waals surface area contributed by atoms with Crippen LogP contribution in [-0.4, -0.2) is 29.0 Å². The van der Waals surface area contributed by atoms with Crippen molar-refractivity contribution < 1.29 is 22.4 Å². The van der Waals surface area contributed by atoms with Crippen molar-refractivity contribution in [3.05, 3.63) is 70.2 Å². The molecule has 206 valence electrons. The zero-order valence-electron chi connectivity index (χ0n) is 21.9. The molecular formula is C28H30F4N6O. The summed E-state index contributed by atoms with van der Waals surface area (Å²) in [4.78, 5) is 20.3. The fourth-order valence-electron chi connectivity index (χ4n) is 5.43. The number of hydrogen-bond acceptors (Lipinski definition) is 6. The van der Waals surface area contributed by atoms with Crippen LogP contribution in [0.1, 0.15) is 60.4 Å². The molecule has 11 heteroatoms. The van der Waals surface area contributed by atoms with Gasteiger partial charge in [0.15, 0.2) is 0 Å². The minimum atomic E-state index is -4.71. The first-order chi connectivity index (χ1) is 18.4. The number of anilines is 4. The topological polar surface area (TPSA) is 91.0 Å². The Bertz CT molecular complexity index is 1420. The van der Waals surface area contributed by atoms with Crippen molar-refractivity contribution in [2.75, 3.05) is 29.0 Å². The summed E-state index contributed by atoms with van der Waals surface area (Å²) in [5.41, 5.74) is 2.02. The number of carbonyl (C=O) groups is 1. The van der Waals surface area contributed by atoms with Crippen LogP contribution in [0.25, 0.3) is 0 Å². The first kappa shape index (κ1) is 26.9. The molecule has 1 amide bonds. The van der Waals surface area contributed by atoms with Crippen molar-refractivity contribution in [3.63, 3.8) is 0 Å². The van der Waals surface area contributed by atoms with E-state index in [-0.39, 0.29) is 30.0 Å². The van der Waals surface area contributed by atoms with Gasteiger partial charge in [0.25, 0.3) is 0 Å². The number of rotatable bonds is 6. The third kappa shape index (κ3) is 5.27. The molecule has 3 aromatic rings. The lowest BCUT2D eigenvalue weighted by Crippen LogP contribution is -2.28. The fraction of sp³-hybridized carbons (Fsp3) is 0.393. The highest BCUT2D eigenvalue weighted by atomic mass is 19.4. The summed E-state index contributed by atoms with van der Waals surface area (Å²) in [5.74, 6) is -1.07. The molecule has 3 heterocycles. The number of aromatic nitrogens is 2. The zero-order chi connectivity index (χ0) is 27.9. The van der Waals surface area contributed by atoms with Crippen LogP contribution >= 0.6 is 0 Å². The van der Waals surface area contributed by atoms with E-state index in [0.29, 0.717) is 17.4 Å². The highest BCUT2D eigenvalue weighted by Gasteiger charge is 2.40. The predicted octanol–water partition coefficient (Wildman–Crippen LogP) is 6.00. The maximum Gasteiger partial charge on any atom is 0.421 e. The van der Waals surface area contributed by atoms with Gasteiger partial charge in [-0.15, -0.1) is 0 Å². The largest absolute Gasteiger partial charge is 0.421 e. The van der Waals surface area contributed by atoms with Gasteiger partial charge in [0.2, 0.25) is 11.9 Å². The van der Waals surface area contributed by atoms with Crippen LogP contribution in [0.15, 0.2) is 36.5 Å². The molecule has 0 unspecified atom stereocenters. The Balaban J connectivity index is 1.42. The highest BCUT2D eigenvalue weighted by Crippen LogP contribution is 2.40. The molecule has 0 radical (unpaired) electrons. The quantitative estimate of drug-likeness (QED) is 0.286. The lowest BCUT2D eigenvalue weighted by Gasteiger charge is -2.25. The minimum absolute atomic E-state index is 0.0144. The number of nitrogens with zero attached hydrogens (tertiary/aromatic N) is 2. The van der Waals surface area contributed by atoms with Gasteiger partial charge < -0.3 is 21.3 Å². The number of carbonyl (C=O) groups excluding carboxylic acids is 1. The molecule has 0 spiro atoms. The second-order valence-electron chi connectivity index (χ2n) is 10.6. The number of alkyl halides is 3. The molecule has 1 fully saturated rings. The summed E-state index contributed by atoms with van der Waals surface area (Å²) in [5, 5.41) is 11.6. The molecule has 2 aliphatic heterocycles. The Morgan fingerprint density at radius 3 is 2.62 bits per heavy atom. The summed E-state index contributed by atoms with van der Waals surface area (Å²) in [6.07, 6.45) is -2.21. The standard InChI is InChI=1S/C28H30F4N6O/c1-15-11-22(20(29)12-18(15)16-7-9-33-10-8-16)37-26-35-14-19(28(30,31)32)24(38-26)34-13-17-5-4-6-21-23(17)27(2,3)25(39)36-21/h4-6,11-12,14,16,33H,7-10,13H2,1-3H3,(H,36,39)(H2,34,35,37,38). The van der Waals surface area contributed by atoms with Crippen molar-refractivity contribution in [3.8, 4) is 0 Å². The van der Waals surface area contributed by atoms with E-state index in [9.17, 15) is 18.0 Å². The number of piperidine rings is 1. The number of fused-ring (bicyclic) bond motifs is 1. The molecule has 5 rings (SSSR count). The molecule has 0 saturated carbocycles. The van der Waals surface area contributed by atoms with Crippen LogP contribution in [0.3, 0.4) is 0 Å². The smallest absolute Gasteiger partial charge is 0.365 e. The van der Waals surface area contributed by atoms with Gasteiger partial charge in [-0.05, 0) is 93.1 Å². The first-order valence-corrected chi connectivity index (χ1v) is 12.8. The van der Waals surface area contributed by atoms with E-state index >= 15 is 4.39 Å². The molecule has 0 bridgehead atoms. The van der Waals surface area contributed by atoms with Crippen molar-refractivity contribution in [2.45, 2.75) is 57.7 Å². The second kappa shape index (κ2) is 10.1. The Morgan fingerprint density at radius 1 is 1.15 bits per heavy atom. The molecule has 7 nitrogen and oxygen atoms in total. The van der Waals surface area contributed by atoms with Gasteiger partial charge in [0.1, 0.15) is 17.2 Å². The molecule has 2 aliphatic rings. The molecule has 0 aliphatic carbocycles. The van der Waals surface area contributed by atoms with Gasteiger partial charge in [0.05, 0.1) is 11.1 Å². The Labute approximate surface area is 223 Å². The normalized spacial score (nSPS) is 17.1. The monoisotopic (exact) mass is 542 g/mol. The van der Waals surface area contributed by atoms with Crippen molar-refractivity contribution >= 4 is 29.0 Å². The molecule has 2 aromatic carbocycles. The molecule has 0 atom stereocenters. The summed E-state index contributed by atoms with van der Waals surface area (Å²) in [6.45, 7) is 7.15. The Kier molecular flexibility index (Phi) is 6.96. The number of aryl methyl sites for hydroxylation is 1. The lowest BCUT2D eigenvalue weighted by molar-refractivity contribution is -0.137. The Morgan fingerprint density at radius 2 is 1.90 bits per heavy atom. The minimum Gasteiger partial charge on any atom is -0.365 e. The highest BCUT2D eigenvalue weighted by molar-refractivity contribution is 6.06. The summed E-state index contributed by atoms with van der Waals surface area (Å²) < 4.78 is 56.5. The second-order valence-corrected chi connectivity index (χ2v) is 10.6. The summed E-state index contributed by atoms with van der Waals surface area (Å²) in [7, 11) is 0. The lowest BCUT2D eigenvalue weighted by atomic mass is 9.83. The molecule has 1 aromatic heterocycles. The molecule has 39 heavy (non-hydrogen) atoms. The maximum absolute atomic E-state index is 15.1. The van der Waals surface area contributed by atoms with Gasteiger partial charge >= 0.3 is 6.18 Å². The van der Waals surface area contributed by atoms with Crippen molar-refractivity contribution in [1.29, 1.82) is 0 Å². The third-order valence-electron chi connectivity index (χ3n) is 7.51. The number of halogens is 4. The zero-order valence-corrected chi connectivity index (χ0v) is 21.9. The van der Waals surface area contributed by atoms with E-state index in [4.69, 9.17) is 0 Å². The van der Waals surface area contributed by atoms with E-state index in [2.05, 4.69) is 31.2 Å². The van der Waals surface area contributed by atoms with E-state index < -0.39 is 28.8 Å². The number of hydrogen-bond donors (Lipinski definition) is 4. The maximum atomic E-state index is 15.1. The van der Waals surface area contributed by atoms with Crippen LogP contribution in [0.2, 0.25) is 0 Å². The summed E-state index contributed by atoms with van der Waals surface area (Å²) >= 11 is 0. The SMILES string of the molecule is Cc1cc(Nc2ncc(C(F)(F)F)c(NCc3cccc4c3C(C)(C)C(=O)N4)n2)c(F)cc1C1CCNCC1. The van der Waals surface area contributed by atoms with Crippen LogP contribution < -0.4 is 21.3 Å². The van der Waals surface area contributed by atoms with Crippen LogP contribution in [0, 0.1) is 12.7 Å². The molecular weight excluding hydrogens is 512 g/mol. The Hall–Kier alpha value is -3.73. The predicted molar refractivity (Wildman–Crippen MR) is 142 cm³/mol. The average Bonchev–Trinajstić information content (AvgIpc) is 3.13. The van der Waals surface area contributed by atoms with E-state index in [1.54, 1.807) is 38.1 Å². The molecule has 4 N–H and O–H groups in total. The molecule has 1 saturated heterocycles. The van der Waals surface area contributed by atoms with Gasteiger partial charge in [0, 0.05) is 18.4 Å². The first-order valence-electron chi connectivity index (χ1n) is 12.8. The van der Waals surface area contributed by atoms with Crippen LogP contribution in [0.4, 0.5) is 40.7 Å². The number of nitrogens with one attached hydrogen (secondary N) is 4. The van der Waals surface area contributed by atoms with Crippen LogP contribution in [0.5, 0.6) is 0 Å². The van der Waals surface area contributed by atoms with E-state index in [1.165, 1.54) is 6.07 Å². The summed E-state index contributed by atoms with van der Waals surface area (Å²) in [6, 6.07) is 8.37. The van der Waals surface area contributed by atoms with Gasteiger partial charge in [-0.2, -0.15) is 18.2 Å². The average molecular weight is 543 g/mol.